The van der Waals surface area contributed by atoms with Gasteiger partial charge in [-0.05, 0) is 76.2 Å². The Bertz CT molecular complexity index is 506. The molecule has 2 aliphatic rings. The van der Waals surface area contributed by atoms with Crippen molar-refractivity contribution in [2.75, 3.05) is 31.1 Å². The fourth-order valence-corrected chi connectivity index (χ4v) is 3.80. The van der Waals surface area contributed by atoms with Crippen LogP contribution in [0.1, 0.15) is 45.6 Å². The number of nitrogens with zero attached hydrogens (tertiary/aromatic N) is 1. The lowest BCUT2D eigenvalue weighted by Gasteiger charge is -2.41. The molecule has 0 radical (unpaired) electrons. The molecule has 0 bridgehead atoms. The van der Waals surface area contributed by atoms with Crippen LogP contribution >= 0.6 is 0 Å². The van der Waals surface area contributed by atoms with Crippen LogP contribution in [0.4, 0.5) is 5.69 Å². The third-order valence-corrected chi connectivity index (χ3v) is 4.74. The minimum absolute atomic E-state index is 0.100. The summed E-state index contributed by atoms with van der Waals surface area (Å²) in [6, 6.07) is 6.82. The first kappa shape index (κ1) is 15.7. The number of nitrogens with one attached hydrogen (secondary N) is 1. The van der Waals surface area contributed by atoms with Crippen LogP contribution in [-0.2, 0) is 6.42 Å². The van der Waals surface area contributed by atoms with Gasteiger partial charge >= 0.3 is 0 Å². The number of anilines is 1. The third kappa shape index (κ3) is 3.57. The van der Waals surface area contributed by atoms with Crippen molar-refractivity contribution in [1.82, 2.24) is 5.32 Å². The lowest BCUT2D eigenvalue weighted by atomic mass is 9.91. The molecule has 122 valence electrons. The van der Waals surface area contributed by atoms with E-state index in [1.54, 1.807) is 0 Å². The summed E-state index contributed by atoms with van der Waals surface area (Å²) >= 11 is 0. The van der Waals surface area contributed by atoms with Gasteiger partial charge in [-0.15, -0.1) is 0 Å². The molecule has 1 N–H and O–H groups in total. The van der Waals surface area contributed by atoms with Crippen LogP contribution in [-0.4, -0.2) is 31.8 Å². The molecule has 1 unspecified atom stereocenters. The van der Waals surface area contributed by atoms with Crippen molar-refractivity contribution in [3.05, 3.63) is 23.8 Å². The van der Waals surface area contributed by atoms with E-state index in [9.17, 15) is 0 Å². The average molecular weight is 302 g/mol. The van der Waals surface area contributed by atoms with E-state index in [0.717, 1.165) is 24.8 Å². The van der Waals surface area contributed by atoms with Crippen LogP contribution in [0.5, 0.6) is 5.75 Å². The average Bonchev–Trinajstić information content (AvgIpc) is 2.48. The third-order valence-electron chi connectivity index (χ3n) is 4.74. The van der Waals surface area contributed by atoms with E-state index in [2.05, 4.69) is 49.2 Å². The molecule has 1 aromatic carbocycles. The molecular weight excluding hydrogens is 272 g/mol. The maximum Gasteiger partial charge on any atom is 0.143 e. The molecule has 2 aliphatic heterocycles. The molecule has 0 amide bonds. The zero-order chi connectivity index (χ0) is 15.6. The van der Waals surface area contributed by atoms with Crippen molar-refractivity contribution in [1.29, 1.82) is 0 Å². The van der Waals surface area contributed by atoms with E-state index in [1.165, 1.54) is 50.0 Å². The monoisotopic (exact) mass is 302 g/mol. The predicted octanol–water partition coefficient (Wildman–Crippen LogP) is 3.62. The molecular formula is C19H30N2O. The first-order valence-electron chi connectivity index (χ1n) is 8.85. The van der Waals surface area contributed by atoms with Gasteiger partial charge in [0.25, 0.3) is 0 Å². The number of ether oxygens (including phenoxy) is 1. The largest absolute Gasteiger partial charge is 0.484 e. The molecule has 1 saturated heterocycles. The van der Waals surface area contributed by atoms with Crippen molar-refractivity contribution in [2.45, 2.75) is 52.1 Å². The van der Waals surface area contributed by atoms with E-state index < -0.39 is 0 Å². The highest BCUT2D eigenvalue weighted by Crippen LogP contribution is 2.38. The lowest BCUT2D eigenvalue weighted by Crippen LogP contribution is -2.47. The summed E-state index contributed by atoms with van der Waals surface area (Å²) in [7, 11) is 0. The van der Waals surface area contributed by atoms with Crippen LogP contribution in [0.15, 0.2) is 18.2 Å². The number of piperidine rings is 1. The Kier molecular flexibility index (Phi) is 4.62. The fourth-order valence-electron chi connectivity index (χ4n) is 3.80. The Hall–Kier alpha value is -1.22. The number of fused-ring (bicyclic) bond motifs is 1. The summed E-state index contributed by atoms with van der Waals surface area (Å²) in [5, 5.41) is 3.52. The highest BCUT2D eigenvalue weighted by Gasteiger charge is 2.31. The summed E-state index contributed by atoms with van der Waals surface area (Å²) in [5.74, 6) is 1.84. The number of hydrogen-bond acceptors (Lipinski definition) is 3. The second-order valence-electron chi connectivity index (χ2n) is 7.50. The lowest BCUT2D eigenvalue weighted by molar-refractivity contribution is 0.105. The molecule has 0 aromatic heterocycles. The summed E-state index contributed by atoms with van der Waals surface area (Å²) < 4.78 is 6.19. The minimum atomic E-state index is -0.100. The van der Waals surface area contributed by atoms with Crippen molar-refractivity contribution in [3.63, 3.8) is 0 Å². The molecule has 3 heteroatoms. The molecule has 2 heterocycles. The molecule has 0 spiro atoms. The van der Waals surface area contributed by atoms with Crippen LogP contribution in [0.25, 0.3) is 0 Å². The Balaban J connectivity index is 1.80. The van der Waals surface area contributed by atoms with Crippen molar-refractivity contribution in [3.8, 4) is 5.75 Å². The van der Waals surface area contributed by atoms with Gasteiger partial charge in [-0.25, -0.2) is 0 Å². The molecule has 1 fully saturated rings. The van der Waals surface area contributed by atoms with Crippen molar-refractivity contribution >= 4 is 5.69 Å². The zero-order valence-corrected chi connectivity index (χ0v) is 14.3. The van der Waals surface area contributed by atoms with Crippen molar-refractivity contribution < 1.29 is 4.74 Å². The van der Waals surface area contributed by atoms with E-state index in [1.807, 2.05) is 0 Å². The van der Waals surface area contributed by atoms with Gasteiger partial charge in [-0.3, -0.25) is 0 Å². The molecule has 0 aliphatic carbocycles. The molecule has 1 aromatic rings. The SMILES string of the molecule is CCCN1CC(C)(C)Oc2ccc(CC3CCCNC3)cc21. The van der Waals surface area contributed by atoms with E-state index in [4.69, 9.17) is 4.74 Å². The van der Waals surface area contributed by atoms with Crippen LogP contribution in [0, 0.1) is 5.92 Å². The van der Waals surface area contributed by atoms with E-state index >= 15 is 0 Å². The van der Waals surface area contributed by atoms with Gasteiger partial charge in [0.15, 0.2) is 0 Å². The van der Waals surface area contributed by atoms with Gasteiger partial charge in [0.2, 0.25) is 0 Å². The van der Waals surface area contributed by atoms with Gasteiger partial charge in [0, 0.05) is 6.54 Å². The maximum atomic E-state index is 6.19. The quantitative estimate of drug-likeness (QED) is 0.919. The molecule has 3 rings (SSSR count). The van der Waals surface area contributed by atoms with Gasteiger partial charge in [-0.1, -0.05) is 13.0 Å². The van der Waals surface area contributed by atoms with Crippen LogP contribution in [0.3, 0.4) is 0 Å². The van der Waals surface area contributed by atoms with Crippen LogP contribution < -0.4 is 15.0 Å². The predicted molar refractivity (Wildman–Crippen MR) is 93.0 cm³/mol. The van der Waals surface area contributed by atoms with E-state index in [-0.39, 0.29) is 5.60 Å². The van der Waals surface area contributed by atoms with Gasteiger partial charge < -0.3 is 15.0 Å². The summed E-state index contributed by atoms with van der Waals surface area (Å²) in [4.78, 5) is 2.50. The number of rotatable bonds is 4. The topological polar surface area (TPSA) is 24.5 Å². The summed E-state index contributed by atoms with van der Waals surface area (Å²) in [5.41, 5.74) is 2.65. The minimum Gasteiger partial charge on any atom is -0.484 e. The zero-order valence-electron chi connectivity index (χ0n) is 14.3. The summed E-state index contributed by atoms with van der Waals surface area (Å²) in [6.07, 6.45) is 5.02. The molecule has 0 saturated carbocycles. The molecule has 3 nitrogen and oxygen atoms in total. The molecule has 1 atom stereocenters. The van der Waals surface area contributed by atoms with Crippen molar-refractivity contribution in [2.24, 2.45) is 5.92 Å². The standard InChI is InChI=1S/C19H30N2O/c1-4-10-21-14-19(2,3)22-18-8-7-15(12-17(18)21)11-16-6-5-9-20-13-16/h7-8,12,16,20H,4-6,9-11,13-14H2,1-3H3. The smallest absolute Gasteiger partial charge is 0.143 e. The Labute approximate surface area is 135 Å². The van der Waals surface area contributed by atoms with Gasteiger partial charge in [0.1, 0.15) is 11.4 Å². The molecule has 22 heavy (non-hydrogen) atoms. The van der Waals surface area contributed by atoms with Gasteiger partial charge in [0.05, 0.1) is 12.2 Å². The number of hydrogen-bond donors (Lipinski definition) is 1. The highest BCUT2D eigenvalue weighted by atomic mass is 16.5. The Morgan fingerprint density at radius 1 is 1.36 bits per heavy atom. The van der Waals surface area contributed by atoms with E-state index in [0.29, 0.717) is 0 Å². The first-order valence-corrected chi connectivity index (χ1v) is 8.85. The summed E-state index contributed by atoms with van der Waals surface area (Å²) in [6.45, 7) is 11.0. The van der Waals surface area contributed by atoms with Gasteiger partial charge in [-0.2, -0.15) is 0 Å². The fraction of sp³-hybridized carbons (Fsp3) is 0.684. The highest BCUT2D eigenvalue weighted by molar-refractivity contribution is 5.62. The van der Waals surface area contributed by atoms with Crippen LogP contribution in [0.2, 0.25) is 0 Å². The normalized spacial score (nSPS) is 23.8. The Morgan fingerprint density at radius 2 is 2.23 bits per heavy atom. The maximum absolute atomic E-state index is 6.19. The Morgan fingerprint density at radius 3 is 2.95 bits per heavy atom. The first-order chi connectivity index (χ1) is 10.6. The second kappa shape index (κ2) is 6.49. The second-order valence-corrected chi connectivity index (χ2v) is 7.50. The number of benzene rings is 1.